The lowest BCUT2D eigenvalue weighted by Gasteiger charge is -2.23. The molecule has 5 heteroatoms. The maximum absolute atomic E-state index is 12.0. The average molecular weight is 242 g/mol. The minimum Gasteiger partial charge on any atom is -0.480 e. The number of carboxylic acids is 1. The van der Waals surface area contributed by atoms with Gasteiger partial charge in [-0.3, -0.25) is 4.79 Å². The van der Waals surface area contributed by atoms with Crippen molar-refractivity contribution in [3.63, 3.8) is 0 Å². The number of aliphatic carboxylic acids is 1. The van der Waals surface area contributed by atoms with Gasteiger partial charge in [0.15, 0.2) is 0 Å². The lowest BCUT2D eigenvalue weighted by Crippen LogP contribution is -2.52. The minimum absolute atomic E-state index is 0.0619. The summed E-state index contributed by atoms with van der Waals surface area (Å²) in [5.74, 6) is -0.949. The van der Waals surface area contributed by atoms with Crippen LogP contribution < -0.4 is 10.6 Å². The summed E-state index contributed by atoms with van der Waals surface area (Å²) in [4.78, 5) is 23.1. The van der Waals surface area contributed by atoms with E-state index in [2.05, 4.69) is 10.6 Å². The van der Waals surface area contributed by atoms with Gasteiger partial charge < -0.3 is 15.7 Å². The minimum atomic E-state index is -0.960. The summed E-state index contributed by atoms with van der Waals surface area (Å²) in [6.07, 6.45) is 1.68. The van der Waals surface area contributed by atoms with Gasteiger partial charge in [-0.2, -0.15) is 0 Å². The van der Waals surface area contributed by atoms with Gasteiger partial charge in [0.1, 0.15) is 6.04 Å². The van der Waals surface area contributed by atoms with Crippen LogP contribution in [-0.4, -0.2) is 35.6 Å². The normalized spacial score (nSPS) is 27.5. The Kier molecular flexibility index (Phi) is 4.93. The van der Waals surface area contributed by atoms with E-state index >= 15 is 0 Å². The Balaban J connectivity index is 2.61. The van der Waals surface area contributed by atoms with Crippen LogP contribution in [0.4, 0.5) is 0 Å². The first kappa shape index (κ1) is 14.0. The van der Waals surface area contributed by atoms with E-state index < -0.39 is 12.0 Å². The highest BCUT2D eigenvalue weighted by molar-refractivity contribution is 5.87. The molecular formula is C12H22N2O3. The van der Waals surface area contributed by atoms with E-state index in [1.165, 1.54) is 0 Å². The highest BCUT2D eigenvalue weighted by Crippen LogP contribution is 2.15. The molecule has 1 heterocycles. The van der Waals surface area contributed by atoms with Crippen LogP contribution in [-0.2, 0) is 9.59 Å². The largest absolute Gasteiger partial charge is 0.480 e. The second-order valence-corrected chi connectivity index (χ2v) is 4.91. The van der Waals surface area contributed by atoms with E-state index in [9.17, 15) is 9.59 Å². The molecule has 0 saturated carbocycles. The van der Waals surface area contributed by atoms with Gasteiger partial charge in [-0.05, 0) is 24.8 Å². The highest BCUT2D eigenvalue weighted by Gasteiger charge is 2.33. The van der Waals surface area contributed by atoms with E-state index in [1.807, 2.05) is 20.8 Å². The van der Waals surface area contributed by atoms with Gasteiger partial charge in [-0.1, -0.05) is 27.2 Å². The fraction of sp³-hybridized carbons (Fsp3) is 0.833. The van der Waals surface area contributed by atoms with Crippen LogP contribution >= 0.6 is 0 Å². The van der Waals surface area contributed by atoms with Crippen LogP contribution in [0.15, 0.2) is 0 Å². The van der Waals surface area contributed by atoms with Crippen molar-refractivity contribution >= 4 is 11.9 Å². The van der Waals surface area contributed by atoms with E-state index in [1.54, 1.807) is 0 Å². The summed E-state index contributed by atoms with van der Waals surface area (Å²) in [6, 6.07) is -1.04. The molecule has 0 bridgehead atoms. The number of amides is 1. The summed E-state index contributed by atoms with van der Waals surface area (Å²) >= 11 is 0. The van der Waals surface area contributed by atoms with Gasteiger partial charge in [-0.25, -0.2) is 4.79 Å². The Morgan fingerprint density at radius 3 is 2.59 bits per heavy atom. The molecule has 5 nitrogen and oxygen atoms in total. The quantitative estimate of drug-likeness (QED) is 0.659. The second-order valence-electron chi connectivity index (χ2n) is 4.91. The third-order valence-electron chi connectivity index (χ3n) is 3.59. The second kappa shape index (κ2) is 6.00. The molecule has 1 aliphatic heterocycles. The summed E-state index contributed by atoms with van der Waals surface area (Å²) < 4.78 is 0. The number of hydrogen-bond acceptors (Lipinski definition) is 3. The molecule has 0 aromatic rings. The number of rotatable bonds is 5. The van der Waals surface area contributed by atoms with Gasteiger partial charge >= 0.3 is 5.97 Å². The molecule has 0 aromatic carbocycles. The van der Waals surface area contributed by atoms with Crippen molar-refractivity contribution in [1.29, 1.82) is 0 Å². The SMILES string of the molecule is CCC(C)C(NC(=O)C1NCCC1C)C(=O)O. The predicted molar refractivity (Wildman–Crippen MR) is 64.6 cm³/mol. The summed E-state index contributed by atoms with van der Waals surface area (Å²) in [5, 5.41) is 14.8. The zero-order chi connectivity index (χ0) is 13.0. The smallest absolute Gasteiger partial charge is 0.326 e. The Morgan fingerprint density at radius 1 is 1.53 bits per heavy atom. The highest BCUT2D eigenvalue weighted by atomic mass is 16.4. The molecule has 1 aliphatic rings. The van der Waals surface area contributed by atoms with E-state index in [4.69, 9.17) is 5.11 Å². The van der Waals surface area contributed by atoms with Crippen molar-refractivity contribution in [2.45, 2.75) is 45.7 Å². The number of carbonyl (C=O) groups excluding carboxylic acids is 1. The average Bonchev–Trinajstić information content (AvgIpc) is 2.70. The van der Waals surface area contributed by atoms with Gasteiger partial charge in [0.2, 0.25) is 5.91 Å². The number of carboxylic acid groups (broad SMARTS) is 1. The molecular weight excluding hydrogens is 220 g/mol. The summed E-state index contributed by atoms with van der Waals surface area (Å²) in [7, 11) is 0. The number of carbonyl (C=O) groups is 2. The Morgan fingerprint density at radius 2 is 2.18 bits per heavy atom. The molecule has 98 valence electrons. The van der Waals surface area contributed by atoms with Gasteiger partial charge in [0, 0.05) is 0 Å². The number of nitrogens with one attached hydrogen (secondary N) is 2. The van der Waals surface area contributed by atoms with Crippen LogP contribution in [0.3, 0.4) is 0 Å². The molecule has 1 amide bonds. The number of hydrogen-bond donors (Lipinski definition) is 3. The van der Waals surface area contributed by atoms with Crippen LogP contribution in [0.25, 0.3) is 0 Å². The lowest BCUT2D eigenvalue weighted by atomic mass is 9.97. The summed E-state index contributed by atoms with van der Waals surface area (Å²) in [6.45, 7) is 6.58. The Hall–Kier alpha value is -1.10. The molecule has 17 heavy (non-hydrogen) atoms. The molecule has 4 unspecified atom stereocenters. The molecule has 0 aliphatic carbocycles. The van der Waals surface area contributed by atoms with Crippen molar-refractivity contribution in [2.24, 2.45) is 11.8 Å². The first-order valence-electron chi connectivity index (χ1n) is 6.24. The van der Waals surface area contributed by atoms with Crippen LogP contribution in [0.2, 0.25) is 0 Å². The Bertz CT molecular complexity index is 293. The molecule has 1 fully saturated rings. The topological polar surface area (TPSA) is 78.4 Å². The van der Waals surface area contributed by atoms with Crippen LogP contribution in [0, 0.1) is 11.8 Å². The zero-order valence-electron chi connectivity index (χ0n) is 10.7. The fourth-order valence-corrected chi connectivity index (χ4v) is 2.11. The van der Waals surface area contributed by atoms with Crippen molar-refractivity contribution < 1.29 is 14.7 Å². The first-order chi connectivity index (χ1) is 7.97. The fourth-order valence-electron chi connectivity index (χ4n) is 2.11. The van der Waals surface area contributed by atoms with E-state index in [0.717, 1.165) is 19.4 Å². The molecule has 3 N–H and O–H groups in total. The lowest BCUT2D eigenvalue weighted by molar-refractivity contribution is -0.143. The molecule has 0 radical (unpaired) electrons. The van der Waals surface area contributed by atoms with Gasteiger partial charge in [0.25, 0.3) is 0 Å². The van der Waals surface area contributed by atoms with Crippen molar-refractivity contribution in [2.75, 3.05) is 6.54 Å². The van der Waals surface area contributed by atoms with E-state index in [-0.39, 0.29) is 23.8 Å². The predicted octanol–water partition coefficient (Wildman–Crippen LogP) is 0.600. The van der Waals surface area contributed by atoms with Gasteiger partial charge in [0.05, 0.1) is 6.04 Å². The molecule has 0 spiro atoms. The molecule has 1 rings (SSSR count). The van der Waals surface area contributed by atoms with Crippen LogP contribution in [0.1, 0.15) is 33.6 Å². The molecule has 4 atom stereocenters. The zero-order valence-corrected chi connectivity index (χ0v) is 10.7. The van der Waals surface area contributed by atoms with Crippen molar-refractivity contribution in [3.8, 4) is 0 Å². The first-order valence-corrected chi connectivity index (χ1v) is 6.24. The van der Waals surface area contributed by atoms with Crippen molar-refractivity contribution in [1.82, 2.24) is 10.6 Å². The van der Waals surface area contributed by atoms with Crippen molar-refractivity contribution in [3.05, 3.63) is 0 Å². The monoisotopic (exact) mass is 242 g/mol. The summed E-state index contributed by atoms with van der Waals surface area (Å²) in [5.41, 5.74) is 0. The van der Waals surface area contributed by atoms with Crippen LogP contribution in [0.5, 0.6) is 0 Å². The Labute approximate surface area is 102 Å². The third-order valence-corrected chi connectivity index (χ3v) is 3.59. The molecule has 1 saturated heterocycles. The van der Waals surface area contributed by atoms with E-state index in [0.29, 0.717) is 0 Å². The molecule has 0 aromatic heterocycles. The standard InChI is InChI=1S/C12H22N2O3/c1-4-7(2)10(12(16)17)14-11(15)9-8(3)5-6-13-9/h7-10,13H,4-6H2,1-3H3,(H,14,15)(H,16,17). The third kappa shape index (κ3) is 3.43. The maximum atomic E-state index is 12.0. The maximum Gasteiger partial charge on any atom is 0.326 e. The van der Waals surface area contributed by atoms with Gasteiger partial charge in [-0.15, -0.1) is 0 Å².